The van der Waals surface area contributed by atoms with Gasteiger partial charge in [-0.05, 0) is 38.0 Å². The zero-order valence-electron chi connectivity index (χ0n) is 18.0. The van der Waals surface area contributed by atoms with Crippen molar-refractivity contribution in [2.75, 3.05) is 13.2 Å². The van der Waals surface area contributed by atoms with E-state index in [4.69, 9.17) is 9.26 Å². The van der Waals surface area contributed by atoms with Gasteiger partial charge in [-0.3, -0.25) is 4.90 Å². The second-order valence-electron chi connectivity index (χ2n) is 7.32. The average molecular weight is 418 g/mol. The van der Waals surface area contributed by atoms with Crippen molar-refractivity contribution in [2.24, 2.45) is 0 Å². The molecule has 160 valence electrons. The molecule has 1 unspecified atom stereocenters. The summed E-state index contributed by atoms with van der Waals surface area (Å²) < 4.78 is 11.2. The van der Waals surface area contributed by atoms with Crippen LogP contribution in [0.2, 0.25) is 0 Å². The van der Waals surface area contributed by atoms with Gasteiger partial charge in [-0.2, -0.15) is 4.98 Å². The summed E-state index contributed by atoms with van der Waals surface area (Å²) in [5, 5.41) is 7.29. The summed E-state index contributed by atoms with van der Waals surface area (Å²) >= 11 is 0. The molecule has 2 aromatic carbocycles. The minimum Gasteiger partial charge on any atom is -0.494 e. The second-order valence-corrected chi connectivity index (χ2v) is 7.32. The van der Waals surface area contributed by atoms with Gasteiger partial charge < -0.3 is 14.6 Å². The van der Waals surface area contributed by atoms with Crippen molar-refractivity contribution >= 4 is 11.6 Å². The van der Waals surface area contributed by atoms with E-state index >= 15 is 0 Å². The highest BCUT2D eigenvalue weighted by atomic mass is 16.5. The molecule has 0 fully saturated rings. The Balaban J connectivity index is 1.77. The molecule has 1 aliphatic heterocycles. The van der Waals surface area contributed by atoms with E-state index in [-0.39, 0.29) is 6.03 Å². The molecule has 31 heavy (non-hydrogen) atoms. The molecule has 1 atom stereocenters. The van der Waals surface area contributed by atoms with Crippen LogP contribution in [0.15, 0.2) is 64.8 Å². The van der Waals surface area contributed by atoms with Gasteiger partial charge in [-0.15, -0.1) is 0 Å². The first-order valence-electron chi connectivity index (χ1n) is 10.5. The third kappa shape index (κ3) is 4.17. The molecular weight excluding hydrogens is 392 g/mol. The summed E-state index contributed by atoms with van der Waals surface area (Å²) in [7, 11) is 0. The highest BCUT2D eigenvalue weighted by Crippen LogP contribution is 2.37. The molecular formula is C24H26N4O3. The van der Waals surface area contributed by atoms with Gasteiger partial charge in [-0.25, -0.2) is 4.79 Å². The van der Waals surface area contributed by atoms with Crippen molar-refractivity contribution in [2.45, 2.75) is 33.2 Å². The van der Waals surface area contributed by atoms with Crippen LogP contribution < -0.4 is 10.1 Å². The fraction of sp³-hybridized carbons (Fsp3) is 0.292. The number of allylic oxidation sites excluding steroid dienone is 1. The number of urea groups is 1. The Labute approximate surface area is 181 Å². The molecule has 2 heterocycles. The van der Waals surface area contributed by atoms with E-state index in [0.29, 0.717) is 24.9 Å². The first-order valence-corrected chi connectivity index (χ1v) is 10.5. The topological polar surface area (TPSA) is 80.5 Å². The van der Waals surface area contributed by atoms with Crippen molar-refractivity contribution in [1.82, 2.24) is 20.4 Å². The lowest BCUT2D eigenvalue weighted by atomic mass is 9.94. The Bertz CT molecular complexity index is 1070. The molecule has 0 aliphatic carbocycles. The standard InChI is InChI=1S/C24H26N4O3/c1-4-15-28-16(3)20(23-26-22(27-31-23)18-9-7-6-8-10-18)21(25-24(28)29)17-11-13-19(14-12-17)30-5-2/h6-14,21H,4-5,15H2,1-3H3,(H,25,29). The number of ether oxygens (including phenoxy) is 1. The van der Waals surface area contributed by atoms with Crippen LogP contribution in [0.5, 0.6) is 5.75 Å². The summed E-state index contributed by atoms with van der Waals surface area (Å²) in [5.41, 5.74) is 3.40. The van der Waals surface area contributed by atoms with E-state index < -0.39 is 6.04 Å². The Morgan fingerprint density at radius 1 is 1.10 bits per heavy atom. The van der Waals surface area contributed by atoms with Crippen LogP contribution in [0.1, 0.15) is 44.7 Å². The third-order valence-corrected chi connectivity index (χ3v) is 5.26. The van der Waals surface area contributed by atoms with Gasteiger partial charge in [0.05, 0.1) is 18.2 Å². The maximum atomic E-state index is 12.8. The smallest absolute Gasteiger partial charge is 0.322 e. The van der Waals surface area contributed by atoms with Crippen LogP contribution in [0.3, 0.4) is 0 Å². The quantitative estimate of drug-likeness (QED) is 0.581. The summed E-state index contributed by atoms with van der Waals surface area (Å²) in [4.78, 5) is 19.2. The Kier molecular flexibility index (Phi) is 6.02. The van der Waals surface area contributed by atoms with E-state index in [1.54, 1.807) is 4.90 Å². The highest BCUT2D eigenvalue weighted by Gasteiger charge is 2.35. The lowest BCUT2D eigenvalue weighted by molar-refractivity contribution is 0.205. The SMILES string of the molecule is CCCN1C(=O)NC(c2ccc(OCC)cc2)C(c2nc(-c3ccccc3)no2)=C1C. The van der Waals surface area contributed by atoms with Crippen LogP contribution in [0.25, 0.3) is 17.0 Å². The normalized spacial score (nSPS) is 16.4. The number of benzene rings is 2. The number of aromatic nitrogens is 2. The zero-order valence-corrected chi connectivity index (χ0v) is 18.0. The van der Waals surface area contributed by atoms with Crippen LogP contribution in [0, 0.1) is 0 Å². The predicted octanol–water partition coefficient (Wildman–Crippen LogP) is 5.04. The molecule has 1 aliphatic rings. The monoisotopic (exact) mass is 418 g/mol. The van der Waals surface area contributed by atoms with E-state index in [1.165, 1.54) is 0 Å². The summed E-state index contributed by atoms with van der Waals surface area (Å²) in [6.45, 7) is 7.12. The zero-order chi connectivity index (χ0) is 21.8. The van der Waals surface area contributed by atoms with Gasteiger partial charge in [0.25, 0.3) is 5.89 Å². The number of nitrogens with zero attached hydrogens (tertiary/aromatic N) is 3. The van der Waals surface area contributed by atoms with E-state index in [0.717, 1.165) is 34.6 Å². The molecule has 0 bridgehead atoms. The molecule has 1 aromatic heterocycles. The Morgan fingerprint density at radius 2 is 1.84 bits per heavy atom. The predicted molar refractivity (Wildman–Crippen MR) is 118 cm³/mol. The number of hydrogen-bond donors (Lipinski definition) is 1. The second kappa shape index (κ2) is 9.04. The molecule has 0 radical (unpaired) electrons. The van der Waals surface area contributed by atoms with E-state index in [9.17, 15) is 4.79 Å². The molecule has 2 amide bonds. The number of hydrogen-bond acceptors (Lipinski definition) is 5. The third-order valence-electron chi connectivity index (χ3n) is 5.26. The van der Waals surface area contributed by atoms with Crippen molar-refractivity contribution in [3.63, 3.8) is 0 Å². The van der Waals surface area contributed by atoms with Crippen LogP contribution in [-0.2, 0) is 0 Å². The van der Waals surface area contributed by atoms with E-state index in [2.05, 4.69) is 15.5 Å². The van der Waals surface area contributed by atoms with Crippen molar-refractivity contribution < 1.29 is 14.1 Å². The summed E-state index contributed by atoms with van der Waals surface area (Å²) in [6.07, 6.45) is 0.838. The van der Waals surface area contributed by atoms with Gasteiger partial charge in [0, 0.05) is 17.8 Å². The lowest BCUT2D eigenvalue weighted by Gasteiger charge is -2.35. The Hall–Kier alpha value is -3.61. The largest absolute Gasteiger partial charge is 0.494 e. The number of carbonyl (C=O) groups is 1. The maximum Gasteiger partial charge on any atom is 0.322 e. The van der Waals surface area contributed by atoms with Crippen molar-refractivity contribution in [1.29, 1.82) is 0 Å². The van der Waals surface area contributed by atoms with Crippen molar-refractivity contribution in [3.8, 4) is 17.1 Å². The molecule has 4 rings (SSSR count). The first kappa shape index (κ1) is 20.7. The lowest BCUT2D eigenvalue weighted by Crippen LogP contribution is -2.46. The summed E-state index contributed by atoms with van der Waals surface area (Å²) in [5.74, 6) is 1.70. The van der Waals surface area contributed by atoms with Gasteiger partial charge in [-0.1, -0.05) is 54.5 Å². The highest BCUT2D eigenvalue weighted by molar-refractivity contribution is 5.86. The average Bonchev–Trinajstić information content (AvgIpc) is 3.27. The molecule has 3 aromatic rings. The van der Waals surface area contributed by atoms with Crippen LogP contribution in [0.4, 0.5) is 4.79 Å². The summed E-state index contributed by atoms with van der Waals surface area (Å²) in [6, 6.07) is 16.9. The van der Waals surface area contributed by atoms with Gasteiger partial charge in [0.1, 0.15) is 5.75 Å². The molecule has 1 N–H and O–H groups in total. The molecule has 0 spiro atoms. The number of nitrogens with one attached hydrogen (secondary N) is 1. The fourth-order valence-corrected chi connectivity index (χ4v) is 3.76. The number of rotatable bonds is 7. The van der Waals surface area contributed by atoms with Gasteiger partial charge in [0.2, 0.25) is 5.82 Å². The maximum absolute atomic E-state index is 12.8. The van der Waals surface area contributed by atoms with Crippen molar-refractivity contribution in [3.05, 3.63) is 71.7 Å². The minimum atomic E-state index is -0.402. The Morgan fingerprint density at radius 3 is 2.52 bits per heavy atom. The molecule has 7 heteroatoms. The molecule has 0 saturated heterocycles. The minimum absolute atomic E-state index is 0.134. The van der Waals surface area contributed by atoms with E-state index in [1.807, 2.05) is 75.4 Å². The molecule has 0 saturated carbocycles. The number of carbonyl (C=O) groups excluding carboxylic acids is 1. The van der Waals surface area contributed by atoms with Crippen LogP contribution in [-0.4, -0.2) is 34.2 Å². The molecule has 7 nitrogen and oxygen atoms in total. The number of amides is 2. The van der Waals surface area contributed by atoms with Crippen LogP contribution >= 0.6 is 0 Å². The van der Waals surface area contributed by atoms with Gasteiger partial charge >= 0.3 is 6.03 Å². The van der Waals surface area contributed by atoms with Gasteiger partial charge in [0.15, 0.2) is 0 Å². The first-order chi connectivity index (χ1) is 15.1. The fourth-order valence-electron chi connectivity index (χ4n) is 3.76.